The van der Waals surface area contributed by atoms with Crippen LogP contribution in [-0.2, 0) is 19.9 Å². The highest BCUT2D eigenvalue weighted by Crippen LogP contribution is 2.47. The van der Waals surface area contributed by atoms with E-state index in [0.29, 0.717) is 6.47 Å². The Morgan fingerprint density at radius 3 is 2.17 bits per heavy atom. The summed E-state index contributed by atoms with van der Waals surface area (Å²) in [5, 5.41) is 12.5. The minimum atomic E-state index is -0.961. The summed E-state index contributed by atoms with van der Waals surface area (Å²) in [5.74, 6) is -0.961. The molecule has 0 heterocycles. The molecule has 2 aromatic rings. The fraction of sp³-hybridized carbons (Fsp3) is 0.222. The summed E-state index contributed by atoms with van der Waals surface area (Å²) in [5.41, 5.74) is 2.99. The molecule has 118 valence electrons. The van der Waals surface area contributed by atoms with E-state index in [1.54, 1.807) is 6.92 Å². The summed E-state index contributed by atoms with van der Waals surface area (Å²) < 4.78 is 5.08. The van der Waals surface area contributed by atoms with Crippen LogP contribution in [0.3, 0.4) is 0 Å². The topological polar surface area (TPSA) is 75.6 Å². The summed E-state index contributed by atoms with van der Waals surface area (Å²) in [7, 11) is 0. The van der Waals surface area contributed by atoms with E-state index >= 15 is 0 Å². The van der Waals surface area contributed by atoms with Crippen molar-refractivity contribution >= 4 is 12.4 Å². The Balaban J connectivity index is 2.20. The van der Waals surface area contributed by atoms with Gasteiger partial charge in [-0.2, -0.15) is 0 Å². The zero-order chi connectivity index (χ0) is 16.4. The van der Waals surface area contributed by atoms with Crippen molar-refractivity contribution in [2.24, 2.45) is 0 Å². The lowest BCUT2D eigenvalue weighted by molar-refractivity contribution is -0.139. The Kier molecular flexibility index (Phi) is 3.88. The number of rotatable bonds is 6. The van der Waals surface area contributed by atoms with Crippen molar-refractivity contribution in [2.45, 2.75) is 18.5 Å². The Morgan fingerprint density at radius 1 is 1.17 bits per heavy atom. The van der Waals surface area contributed by atoms with Crippen LogP contribution in [0.1, 0.15) is 18.1 Å². The summed E-state index contributed by atoms with van der Waals surface area (Å²) in [4.78, 5) is 22.1. The van der Waals surface area contributed by atoms with Crippen molar-refractivity contribution in [3.05, 3.63) is 59.7 Å². The van der Waals surface area contributed by atoms with Gasteiger partial charge in [-0.15, -0.1) is 0 Å². The van der Waals surface area contributed by atoms with Gasteiger partial charge in [-0.05, 0) is 29.2 Å². The number of benzene rings is 2. The molecule has 5 heteroatoms. The van der Waals surface area contributed by atoms with Crippen LogP contribution in [0, 0.1) is 0 Å². The Morgan fingerprint density at radius 2 is 1.70 bits per heavy atom. The fourth-order valence-electron chi connectivity index (χ4n) is 3.27. The largest absolute Gasteiger partial charge is 0.480 e. The highest BCUT2D eigenvalue weighted by Gasteiger charge is 2.45. The van der Waals surface area contributed by atoms with Gasteiger partial charge in [0, 0.05) is 0 Å². The van der Waals surface area contributed by atoms with Gasteiger partial charge in [0.25, 0.3) is 6.47 Å². The molecular weight excluding hydrogens is 294 g/mol. The number of carboxylic acid groups (broad SMARTS) is 1. The van der Waals surface area contributed by atoms with E-state index in [2.05, 4.69) is 5.32 Å². The zero-order valence-electron chi connectivity index (χ0n) is 12.7. The van der Waals surface area contributed by atoms with Gasteiger partial charge in [0.15, 0.2) is 0 Å². The normalized spacial score (nSPS) is 15.3. The zero-order valence-corrected chi connectivity index (χ0v) is 12.7. The van der Waals surface area contributed by atoms with E-state index in [9.17, 15) is 14.7 Å². The van der Waals surface area contributed by atoms with E-state index in [1.165, 1.54) is 0 Å². The van der Waals surface area contributed by atoms with E-state index in [4.69, 9.17) is 4.74 Å². The summed E-state index contributed by atoms with van der Waals surface area (Å²) in [6.45, 7) is 2.00. The van der Waals surface area contributed by atoms with Crippen LogP contribution in [0.25, 0.3) is 11.1 Å². The lowest BCUT2D eigenvalue weighted by Gasteiger charge is -2.34. The fourth-order valence-corrected chi connectivity index (χ4v) is 3.27. The first-order valence-corrected chi connectivity index (χ1v) is 7.35. The van der Waals surface area contributed by atoms with E-state index < -0.39 is 17.6 Å². The maximum atomic E-state index is 11.4. The molecule has 0 saturated carbocycles. The van der Waals surface area contributed by atoms with Gasteiger partial charge in [0.2, 0.25) is 0 Å². The minimum Gasteiger partial charge on any atom is -0.480 e. The predicted molar refractivity (Wildman–Crippen MR) is 84.9 cm³/mol. The first kappa shape index (κ1) is 15.2. The van der Waals surface area contributed by atoms with Crippen LogP contribution in [0.4, 0.5) is 0 Å². The van der Waals surface area contributed by atoms with Crippen LogP contribution in [0.2, 0.25) is 0 Å². The number of nitrogens with one attached hydrogen (secondary N) is 1. The second-order valence-corrected chi connectivity index (χ2v) is 5.61. The van der Waals surface area contributed by atoms with Crippen molar-refractivity contribution in [2.75, 3.05) is 6.61 Å². The van der Waals surface area contributed by atoms with Gasteiger partial charge in [0.05, 0.1) is 0 Å². The van der Waals surface area contributed by atoms with E-state index in [-0.39, 0.29) is 6.61 Å². The number of ether oxygens (including phenoxy) is 1. The van der Waals surface area contributed by atoms with Gasteiger partial charge >= 0.3 is 5.97 Å². The summed E-state index contributed by atoms with van der Waals surface area (Å²) in [6.07, 6.45) is 0. The van der Waals surface area contributed by atoms with Gasteiger partial charge in [0.1, 0.15) is 18.2 Å². The average molecular weight is 311 g/mol. The number of hydrogen-bond donors (Lipinski definition) is 2. The molecule has 0 aromatic heterocycles. The molecule has 1 unspecified atom stereocenters. The number of aliphatic carboxylic acids is 1. The average Bonchev–Trinajstić information content (AvgIpc) is 2.84. The first-order valence-electron chi connectivity index (χ1n) is 7.35. The molecule has 1 aliphatic rings. The van der Waals surface area contributed by atoms with Crippen LogP contribution < -0.4 is 5.32 Å². The second-order valence-electron chi connectivity index (χ2n) is 5.61. The standard InChI is InChI=1S/C18H17NO4/c1-12(17(21)22)19-18(10-23-11-20)15-8-4-2-6-13(15)14-7-3-5-9-16(14)18/h2-9,11-12,19H,10H2,1H3,(H,21,22). The second kappa shape index (κ2) is 5.85. The lowest BCUT2D eigenvalue weighted by Crippen LogP contribution is -2.52. The smallest absolute Gasteiger partial charge is 0.320 e. The molecule has 0 aliphatic heterocycles. The number of carbonyl (C=O) groups excluding carboxylic acids is 1. The van der Waals surface area contributed by atoms with Crippen LogP contribution in [0.15, 0.2) is 48.5 Å². The molecule has 0 bridgehead atoms. The molecule has 23 heavy (non-hydrogen) atoms. The van der Waals surface area contributed by atoms with Crippen molar-refractivity contribution < 1.29 is 19.4 Å². The van der Waals surface area contributed by atoms with Crippen molar-refractivity contribution in [3.8, 4) is 11.1 Å². The maximum Gasteiger partial charge on any atom is 0.320 e. The van der Waals surface area contributed by atoms with Gasteiger partial charge in [-0.1, -0.05) is 48.5 Å². The molecule has 3 rings (SSSR count). The van der Waals surface area contributed by atoms with Crippen molar-refractivity contribution in [3.63, 3.8) is 0 Å². The molecule has 0 radical (unpaired) electrons. The molecule has 2 aromatic carbocycles. The first-order chi connectivity index (χ1) is 11.1. The quantitative estimate of drug-likeness (QED) is 0.800. The highest BCUT2D eigenvalue weighted by molar-refractivity contribution is 5.82. The molecule has 2 N–H and O–H groups in total. The number of fused-ring (bicyclic) bond motifs is 3. The molecule has 5 nitrogen and oxygen atoms in total. The van der Waals surface area contributed by atoms with E-state index in [1.807, 2.05) is 48.5 Å². The van der Waals surface area contributed by atoms with Crippen LogP contribution in [0.5, 0.6) is 0 Å². The minimum absolute atomic E-state index is 0.0299. The summed E-state index contributed by atoms with van der Waals surface area (Å²) >= 11 is 0. The van der Waals surface area contributed by atoms with Crippen molar-refractivity contribution in [1.29, 1.82) is 0 Å². The summed E-state index contributed by atoms with van der Waals surface area (Å²) in [6, 6.07) is 14.7. The maximum absolute atomic E-state index is 11.4. The van der Waals surface area contributed by atoms with Crippen molar-refractivity contribution in [1.82, 2.24) is 5.32 Å². The van der Waals surface area contributed by atoms with Crippen LogP contribution in [-0.4, -0.2) is 30.2 Å². The number of hydrogen-bond acceptors (Lipinski definition) is 4. The third-order valence-corrected chi connectivity index (χ3v) is 4.27. The Labute approximate surface area is 133 Å². The molecule has 0 fully saturated rings. The van der Waals surface area contributed by atoms with Crippen LogP contribution >= 0.6 is 0 Å². The highest BCUT2D eigenvalue weighted by atomic mass is 16.5. The SMILES string of the molecule is CC(NC1(COC=O)c2ccccc2-c2ccccc21)C(=O)O. The molecule has 1 atom stereocenters. The third-order valence-electron chi connectivity index (χ3n) is 4.27. The molecule has 1 aliphatic carbocycles. The predicted octanol–water partition coefficient (Wildman–Crippen LogP) is 2.15. The Hall–Kier alpha value is -2.66. The monoisotopic (exact) mass is 311 g/mol. The van der Waals surface area contributed by atoms with Gasteiger partial charge < -0.3 is 9.84 Å². The molecule has 0 spiro atoms. The van der Waals surface area contributed by atoms with Gasteiger partial charge in [-0.3, -0.25) is 14.9 Å². The third kappa shape index (κ3) is 2.39. The number of carboxylic acids is 1. The van der Waals surface area contributed by atoms with E-state index in [0.717, 1.165) is 22.3 Å². The molecule has 0 amide bonds. The molecular formula is C18H17NO4. The Bertz CT molecular complexity index is 711. The number of carbonyl (C=O) groups is 2. The van der Waals surface area contributed by atoms with Gasteiger partial charge in [-0.25, -0.2) is 0 Å². The molecule has 0 saturated heterocycles. The lowest BCUT2D eigenvalue weighted by atomic mass is 9.87.